The molecule has 1 rings (SSSR count). The number of halogens is 4. The molecule has 1 aromatic rings. The average molecular weight is 327 g/mol. The van der Waals surface area contributed by atoms with Crippen molar-refractivity contribution < 1.29 is 27.2 Å². The van der Waals surface area contributed by atoms with Crippen LogP contribution >= 0.6 is 11.3 Å². The van der Waals surface area contributed by atoms with E-state index in [-0.39, 0.29) is 21.1 Å². The Morgan fingerprint density at radius 2 is 1.95 bits per heavy atom. The number of anilines is 2. The molecule has 0 aliphatic rings. The van der Waals surface area contributed by atoms with Gasteiger partial charge in [0.15, 0.2) is 5.78 Å². The van der Waals surface area contributed by atoms with Gasteiger partial charge in [-0.2, -0.15) is 8.78 Å². The predicted octanol–water partition coefficient (Wildman–Crippen LogP) is 2.20. The van der Waals surface area contributed by atoms with Gasteiger partial charge >= 0.3 is 12.3 Å². The molecule has 1 aromatic heterocycles. The third-order valence-electron chi connectivity index (χ3n) is 2.52. The van der Waals surface area contributed by atoms with E-state index in [1.54, 1.807) is 0 Å². The van der Waals surface area contributed by atoms with Crippen LogP contribution in [-0.2, 0) is 0 Å². The average Bonchev–Trinajstić information content (AvgIpc) is 2.72. The van der Waals surface area contributed by atoms with Gasteiger partial charge in [-0.3, -0.25) is 9.59 Å². The van der Waals surface area contributed by atoms with E-state index >= 15 is 0 Å². The van der Waals surface area contributed by atoms with Gasteiger partial charge in [-0.25, -0.2) is 8.78 Å². The fraction of sp³-hybridized carbons (Fsp3) is 0.455. The summed E-state index contributed by atoms with van der Waals surface area (Å²) < 4.78 is 50.0. The second-order valence-electron chi connectivity index (χ2n) is 4.10. The van der Waals surface area contributed by atoms with Crippen LogP contribution in [0.15, 0.2) is 0 Å². The monoisotopic (exact) mass is 327 g/mol. The molecule has 0 saturated heterocycles. The third-order valence-corrected chi connectivity index (χ3v) is 3.79. The highest BCUT2D eigenvalue weighted by Crippen LogP contribution is 2.37. The fourth-order valence-corrected chi connectivity index (χ4v) is 2.46. The highest BCUT2D eigenvalue weighted by Gasteiger charge is 2.41. The topological polar surface area (TPSA) is 84.2 Å². The molecule has 0 bridgehead atoms. The van der Waals surface area contributed by atoms with Crippen molar-refractivity contribution in [3.05, 3.63) is 10.4 Å². The number of nitrogens with two attached hydrogens (primary N) is 1. The minimum atomic E-state index is -4.27. The van der Waals surface area contributed by atoms with Crippen molar-refractivity contribution in [2.75, 3.05) is 24.6 Å². The van der Waals surface area contributed by atoms with Gasteiger partial charge in [-0.05, 0) is 0 Å². The first-order valence-corrected chi connectivity index (χ1v) is 6.48. The summed E-state index contributed by atoms with van der Waals surface area (Å²) in [6, 6.07) is 0. The smallest absolute Gasteiger partial charge is 0.324 e. The van der Waals surface area contributed by atoms with Crippen molar-refractivity contribution in [3.63, 3.8) is 0 Å². The quantitative estimate of drug-likeness (QED) is 0.552. The number of amides is 1. The van der Waals surface area contributed by atoms with Gasteiger partial charge in [-0.15, -0.1) is 11.3 Å². The Morgan fingerprint density at radius 3 is 2.38 bits per heavy atom. The van der Waals surface area contributed by atoms with Gasteiger partial charge in [0.1, 0.15) is 5.00 Å². The summed E-state index contributed by atoms with van der Waals surface area (Å²) >= 11 is 0.666. The van der Waals surface area contributed by atoms with Crippen LogP contribution in [0.5, 0.6) is 0 Å². The predicted molar refractivity (Wildman–Crippen MR) is 71.6 cm³/mol. The number of thiophene rings is 1. The van der Waals surface area contributed by atoms with Crippen LogP contribution in [0.3, 0.4) is 0 Å². The Morgan fingerprint density at radius 1 is 1.38 bits per heavy atom. The number of alkyl halides is 4. The first-order valence-electron chi connectivity index (χ1n) is 5.67. The molecule has 5 nitrogen and oxygen atoms in total. The number of Topliss-reactive ketones (excluding diaryl/α,β-unsaturated/α-hetero) is 1. The summed E-state index contributed by atoms with van der Waals surface area (Å²) in [6.07, 6.45) is -3.85. The van der Waals surface area contributed by atoms with Crippen LogP contribution in [0.25, 0.3) is 0 Å². The van der Waals surface area contributed by atoms with Crippen LogP contribution in [0, 0.1) is 0 Å². The van der Waals surface area contributed by atoms with E-state index in [0.717, 1.165) is 0 Å². The molecule has 0 unspecified atom stereocenters. The number of hydrogen-bond acceptors (Lipinski definition) is 5. The SMILES string of the molecule is CNC(=O)c1c(NCC(F)(F)C(F)F)sc(C(C)=O)c1N. The Kier molecular flexibility index (Phi) is 5.15. The van der Waals surface area contributed by atoms with Crippen molar-refractivity contribution in [2.24, 2.45) is 0 Å². The molecule has 0 radical (unpaired) electrons. The molecular formula is C11H13F4N3O2S. The van der Waals surface area contributed by atoms with E-state index in [9.17, 15) is 27.2 Å². The van der Waals surface area contributed by atoms with Gasteiger partial charge in [0.2, 0.25) is 0 Å². The van der Waals surface area contributed by atoms with Crippen LogP contribution < -0.4 is 16.4 Å². The normalized spacial score (nSPS) is 11.6. The molecule has 118 valence electrons. The Balaban J connectivity index is 3.14. The molecule has 1 amide bonds. The van der Waals surface area contributed by atoms with Crippen molar-refractivity contribution in [2.45, 2.75) is 19.3 Å². The second-order valence-corrected chi connectivity index (χ2v) is 5.12. The van der Waals surface area contributed by atoms with Crippen molar-refractivity contribution in [1.82, 2.24) is 5.32 Å². The van der Waals surface area contributed by atoms with Gasteiger partial charge in [-0.1, -0.05) is 0 Å². The highest BCUT2D eigenvalue weighted by molar-refractivity contribution is 7.19. The molecule has 21 heavy (non-hydrogen) atoms. The molecule has 0 aliphatic heterocycles. The second kappa shape index (κ2) is 6.29. The number of hydrogen-bond donors (Lipinski definition) is 3. The van der Waals surface area contributed by atoms with E-state index in [2.05, 4.69) is 10.6 Å². The van der Waals surface area contributed by atoms with Gasteiger partial charge in [0, 0.05) is 14.0 Å². The number of rotatable bonds is 6. The van der Waals surface area contributed by atoms with E-state index in [1.165, 1.54) is 14.0 Å². The zero-order valence-corrected chi connectivity index (χ0v) is 11.9. The van der Waals surface area contributed by atoms with E-state index < -0.39 is 30.6 Å². The molecule has 0 spiro atoms. The number of nitrogens with one attached hydrogen (secondary N) is 2. The van der Waals surface area contributed by atoms with Gasteiger partial charge in [0.25, 0.3) is 5.91 Å². The maximum atomic E-state index is 12.9. The van der Waals surface area contributed by atoms with Crippen LogP contribution in [-0.4, -0.2) is 37.6 Å². The standard InChI is InChI=1S/C11H13F4N3O2S/c1-4(19)7-6(16)5(8(20)17-2)9(21-7)18-3-11(14,15)10(12)13/h10,18H,3,16H2,1-2H3,(H,17,20). The van der Waals surface area contributed by atoms with E-state index in [1.807, 2.05) is 0 Å². The maximum absolute atomic E-state index is 12.9. The molecule has 0 saturated carbocycles. The molecule has 4 N–H and O–H groups in total. The molecule has 0 aliphatic carbocycles. The molecule has 0 fully saturated rings. The van der Waals surface area contributed by atoms with Crippen molar-refractivity contribution >= 4 is 33.7 Å². The molecular weight excluding hydrogens is 314 g/mol. The van der Waals surface area contributed by atoms with E-state index in [0.29, 0.717) is 11.3 Å². The van der Waals surface area contributed by atoms with Crippen molar-refractivity contribution in [1.29, 1.82) is 0 Å². The van der Waals surface area contributed by atoms with Gasteiger partial charge in [0.05, 0.1) is 22.7 Å². The number of ketones is 1. The zero-order chi connectivity index (χ0) is 16.4. The van der Waals surface area contributed by atoms with Crippen LogP contribution in [0.1, 0.15) is 27.0 Å². The maximum Gasteiger partial charge on any atom is 0.324 e. The van der Waals surface area contributed by atoms with Crippen LogP contribution in [0.2, 0.25) is 0 Å². The summed E-state index contributed by atoms with van der Waals surface area (Å²) in [6.45, 7) is -0.195. The molecule has 10 heteroatoms. The summed E-state index contributed by atoms with van der Waals surface area (Å²) in [5.74, 6) is -5.44. The first kappa shape index (κ1) is 17.2. The van der Waals surface area contributed by atoms with Crippen molar-refractivity contribution in [3.8, 4) is 0 Å². The lowest BCUT2D eigenvalue weighted by atomic mass is 10.2. The lowest BCUT2D eigenvalue weighted by Crippen LogP contribution is -2.35. The Bertz CT molecular complexity index is 560. The first-order chi connectivity index (χ1) is 9.61. The van der Waals surface area contributed by atoms with Gasteiger partial charge < -0.3 is 16.4 Å². The van der Waals surface area contributed by atoms with Crippen LogP contribution in [0.4, 0.5) is 28.3 Å². The fourth-order valence-electron chi connectivity index (χ4n) is 1.46. The molecule has 0 atom stereocenters. The third kappa shape index (κ3) is 3.63. The number of nitrogen functional groups attached to an aromatic ring is 1. The number of carbonyl (C=O) groups excluding carboxylic acids is 2. The summed E-state index contributed by atoms with van der Waals surface area (Å²) in [5, 5.41) is 4.14. The highest BCUT2D eigenvalue weighted by atomic mass is 32.1. The number of carbonyl (C=O) groups is 2. The minimum absolute atomic E-state index is 0.00327. The molecule has 0 aromatic carbocycles. The molecule has 1 heterocycles. The Hall–Kier alpha value is -1.84. The summed E-state index contributed by atoms with van der Waals surface area (Å²) in [7, 11) is 1.28. The largest absolute Gasteiger partial charge is 0.397 e. The van der Waals surface area contributed by atoms with E-state index in [4.69, 9.17) is 5.73 Å². The lowest BCUT2D eigenvalue weighted by molar-refractivity contribution is -0.117. The minimum Gasteiger partial charge on any atom is -0.397 e. The Labute approximate surface area is 121 Å². The lowest BCUT2D eigenvalue weighted by Gasteiger charge is -2.16. The summed E-state index contributed by atoms with van der Waals surface area (Å²) in [4.78, 5) is 23.0. The zero-order valence-electron chi connectivity index (χ0n) is 11.1. The summed E-state index contributed by atoms with van der Waals surface area (Å²) in [5.41, 5.74) is 5.25.